The molecule has 0 aliphatic carbocycles. The van der Waals surface area contributed by atoms with E-state index in [2.05, 4.69) is 38.8 Å². The van der Waals surface area contributed by atoms with Crippen molar-refractivity contribution in [3.63, 3.8) is 0 Å². The Balaban J connectivity index is 2.22. The van der Waals surface area contributed by atoms with E-state index in [1.54, 1.807) is 7.05 Å². The van der Waals surface area contributed by atoms with Crippen LogP contribution in [0.15, 0.2) is 29.3 Å². The second kappa shape index (κ2) is 8.56. The molecule has 0 aromatic heterocycles. The van der Waals surface area contributed by atoms with Crippen molar-refractivity contribution < 1.29 is 9.53 Å². The zero-order chi connectivity index (χ0) is 19.3. The first-order chi connectivity index (χ1) is 12.3. The molecule has 0 spiro atoms. The molecule has 5 nitrogen and oxygen atoms in total. The van der Waals surface area contributed by atoms with Crippen LogP contribution in [-0.2, 0) is 4.79 Å². The third-order valence-corrected chi connectivity index (χ3v) is 5.12. The first-order valence-electron chi connectivity index (χ1n) is 9.66. The van der Waals surface area contributed by atoms with Crippen molar-refractivity contribution >= 4 is 11.9 Å². The number of hydrogen-bond donors (Lipinski definition) is 1. The van der Waals surface area contributed by atoms with Crippen molar-refractivity contribution in [3.05, 3.63) is 29.8 Å². The summed E-state index contributed by atoms with van der Waals surface area (Å²) in [5, 5.41) is 0. The van der Waals surface area contributed by atoms with Gasteiger partial charge in [-0.3, -0.25) is 9.69 Å². The van der Waals surface area contributed by atoms with E-state index in [1.807, 2.05) is 18.2 Å². The maximum atomic E-state index is 12.9. The molecule has 0 fully saturated rings. The van der Waals surface area contributed by atoms with Gasteiger partial charge >= 0.3 is 0 Å². The third-order valence-electron chi connectivity index (χ3n) is 5.12. The smallest absolute Gasteiger partial charge is 0.260 e. The van der Waals surface area contributed by atoms with E-state index >= 15 is 0 Å². The van der Waals surface area contributed by atoms with Crippen LogP contribution < -0.4 is 10.5 Å². The van der Waals surface area contributed by atoms with E-state index < -0.39 is 5.54 Å². The minimum atomic E-state index is -0.921. The maximum absolute atomic E-state index is 12.9. The van der Waals surface area contributed by atoms with Crippen LogP contribution >= 0.6 is 0 Å². The maximum Gasteiger partial charge on any atom is 0.260 e. The second-order valence-electron chi connectivity index (χ2n) is 7.80. The summed E-state index contributed by atoms with van der Waals surface area (Å²) in [6.07, 6.45) is 4.03. The lowest BCUT2D eigenvalue weighted by Crippen LogP contribution is -2.46. The van der Waals surface area contributed by atoms with Gasteiger partial charge in [-0.25, -0.2) is 4.99 Å². The van der Waals surface area contributed by atoms with Crippen molar-refractivity contribution in [2.24, 2.45) is 16.6 Å². The Bertz CT molecular complexity index is 656. The Morgan fingerprint density at radius 3 is 2.54 bits per heavy atom. The summed E-state index contributed by atoms with van der Waals surface area (Å²) >= 11 is 0. The first kappa shape index (κ1) is 20.3. The molecular weight excluding hydrogens is 326 g/mol. The summed E-state index contributed by atoms with van der Waals surface area (Å²) < 4.78 is 6.15. The molecule has 0 saturated heterocycles. The van der Waals surface area contributed by atoms with Gasteiger partial charge < -0.3 is 10.5 Å². The minimum Gasteiger partial charge on any atom is -0.490 e. The van der Waals surface area contributed by atoms with E-state index in [0.29, 0.717) is 18.3 Å². The van der Waals surface area contributed by atoms with Gasteiger partial charge in [-0.2, -0.15) is 0 Å². The van der Waals surface area contributed by atoms with Crippen LogP contribution in [-0.4, -0.2) is 36.0 Å². The highest BCUT2D eigenvalue weighted by molar-refractivity contribution is 6.06. The fourth-order valence-electron chi connectivity index (χ4n) is 3.56. The zero-order valence-corrected chi connectivity index (χ0v) is 16.8. The molecule has 1 aromatic carbocycles. The number of carbonyl (C=O) groups excluding carboxylic acids is 1. The van der Waals surface area contributed by atoms with Gasteiger partial charge in [-0.05, 0) is 29.9 Å². The Kier molecular flexibility index (Phi) is 6.68. The average Bonchev–Trinajstić information content (AvgIpc) is 2.82. The summed E-state index contributed by atoms with van der Waals surface area (Å²) in [6.45, 7) is 8.85. The minimum absolute atomic E-state index is 0.0691. The lowest BCUT2D eigenvalue weighted by atomic mass is 9.86. The Labute approximate surface area is 157 Å². The number of aliphatic imine (C=N–C) groups is 1. The van der Waals surface area contributed by atoms with Gasteiger partial charge in [0.05, 0.1) is 0 Å². The molecule has 2 atom stereocenters. The predicted molar refractivity (Wildman–Crippen MR) is 106 cm³/mol. The molecule has 0 saturated carbocycles. The van der Waals surface area contributed by atoms with Crippen LogP contribution in [0.2, 0.25) is 0 Å². The number of para-hydroxylation sites is 1. The van der Waals surface area contributed by atoms with E-state index in [4.69, 9.17) is 10.5 Å². The lowest BCUT2D eigenvalue weighted by molar-refractivity contribution is -0.132. The van der Waals surface area contributed by atoms with Crippen molar-refractivity contribution in [1.82, 2.24) is 4.90 Å². The molecule has 144 valence electrons. The van der Waals surface area contributed by atoms with Crippen molar-refractivity contribution in [3.8, 4) is 5.75 Å². The topological polar surface area (TPSA) is 67.9 Å². The van der Waals surface area contributed by atoms with E-state index in [0.717, 1.165) is 30.6 Å². The standard InChI is InChI=1S/C21H33N3O2/c1-6-7-10-16(4)13-21(19(25)24(5)20(22)23-21)14-26-18-12-9-8-11-17(18)15(2)3/h8-9,11-12,15-16H,6-7,10,13-14H2,1-5H3,(H2,22,23). The van der Waals surface area contributed by atoms with E-state index in [9.17, 15) is 4.79 Å². The van der Waals surface area contributed by atoms with E-state index in [-0.39, 0.29) is 18.5 Å². The first-order valence-corrected chi connectivity index (χ1v) is 9.66. The molecule has 2 N–H and O–H groups in total. The van der Waals surface area contributed by atoms with Gasteiger partial charge in [-0.15, -0.1) is 0 Å². The molecule has 26 heavy (non-hydrogen) atoms. The zero-order valence-electron chi connectivity index (χ0n) is 16.8. The molecule has 0 bridgehead atoms. The summed E-state index contributed by atoms with van der Waals surface area (Å²) in [4.78, 5) is 19.0. The summed E-state index contributed by atoms with van der Waals surface area (Å²) in [5.74, 6) is 1.75. The van der Waals surface area contributed by atoms with Gasteiger partial charge in [0, 0.05) is 7.05 Å². The van der Waals surface area contributed by atoms with Crippen LogP contribution in [0.25, 0.3) is 0 Å². The number of unbranched alkanes of at least 4 members (excludes halogenated alkanes) is 1. The summed E-state index contributed by atoms with van der Waals surface area (Å²) in [7, 11) is 1.68. The normalized spacial score (nSPS) is 21.2. The van der Waals surface area contributed by atoms with Gasteiger partial charge in [0.15, 0.2) is 11.5 Å². The summed E-state index contributed by atoms with van der Waals surface area (Å²) in [6, 6.07) is 7.99. The number of nitrogens with zero attached hydrogens (tertiary/aromatic N) is 2. The Morgan fingerprint density at radius 1 is 1.27 bits per heavy atom. The lowest BCUT2D eigenvalue weighted by Gasteiger charge is -2.28. The molecule has 1 aromatic rings. The molecule has 2 unspecified atom stereocenters. The highest BCUT2D eigenvalue weighted by atomic mass is 16.5. The van der Waals surface area contributed by atoms with Gasteiger partial charge in [0.2, 0.25) is 0 Å². The molecule has 1 heterocycles. The summed E-state index contributed by atoms with van der Waals surface area (Å²) in [5.41, 5.74) is 6.18. The number of hydrogen-bond acceptors (Lipinski definition) is 4. The SMILES string of the molecule is CCCCC(C)CC1(COc2ccccc2C(C)C)N=C(N)N(C)C1=O. The van der Waals surface area contributed by atoms with Crippen LogP contribution in [0.3, 0.4) is 0 Å². The van der Waals surface area contributed by atoms with Crippen LogP contribution in [0.1, 0.15) is 64.9 Å². The fourth-order valence-corrected chi connectivity index (χ4v) is 3.56. The average molecular weight is 360 g/mol. The highest BCUT2D eigenvalue weighted by Crippen LogP contribution is 2.33. The van der Waals surface area contributed by atoms with Gasteiger partial charge in [-0.1, -0.05) is 65.2 Å². The number of rotatable bonds is 9. The van der Waals surface area contributed by atoms with Crippen molar-refractivity contribution in [2.75, 3.05) is 13.7 Å². The van der Waals surface area contributed by atoms with Crippen molar-refractivity contribution in [2.45, 2.75) is 64.8 Å². The van der Waals surface area contributed by atoms with Gasteiger partial charge in [0.1, 0.15) is 12.4 Å². The number of nitrogens with two attached hydrogens (primary N) is 1. The molecule has 0 radical (unpaired) electrons. The second-order valence-corrected chi connectivity index (χ2v) is 7.80. The Morgan fingerprint density at radius 2 is 1.96 bits per heavy atom. The Hall–Kier alpha value is -2.04. The number of amides is 1. The molecule has 5 heteroatoms. The monoisotopic (exact) mass is 359 g/mol. The quantitative estimate of drug-likeness (QED) is 0.726. The fraction of sp³-hybridized carbons (Fsp3) is 0.619. The molecule has 2 rings (SSSR count). The largest absolute Gasteiger partial charge is 0.490 e. The van der Waals surface area contributed by atoms with E-state index in [1.165, 1.54) is 4.90 Å². The highest BCUT2D eigenvalue weighted by Gasteiger charge is 2.48. The van der Waals surface area contributed by atoms with Gasteiger partial charge in [0.25, 0.3) is 5.91 Å². The number of ether oxygens (including phenoxy) is 1. The molecule has 1 aliphatic rings. The number of likely N-dealkylation sites (N-methyl/N-ethyl adjacent to an activating group) is 1. The van der Waals surface area contributed by atoms with Crippen molar-refractivity contribution in [1.29, 1.82) is 0 Å². The van der Waals surface area contributed by atoms with Crippen LogP contribution in [0, 0.1) is 5.92 Å². The molecule has 1 aliphatic heterocycles. The number of benzene rings is 1. The third kappa shape index (κ3) is 4.37. The van der Waals surface area contributed by atoms with Crippen LogP contribution in [0.5, 0.6) is 5.75 Å². The molecular formula is C21H33N3O2. The van der Waals surface area contributed by atoms with Crippen LogP contribution in [0.4, 0.5) is 0 Å². The number of guanidine groups is 1. The number of carbonyl (C=O) groups is 1. The predicted octanol–water partition coefficient (Wildman–Crippen LogP) is 3.93. The molecule has 1 amide bonds.